The molecule has 0 aliphatic carbocycles. The molecule has 1 aromatic carbocycles. The highest BCUT2D eigenvalue weighted by Crippen LogP contribution is 2.17. The maximum absolute atomic E-state index is 5.57. The molecule has 2 N–H and O–H groups in total. The van der Waals surface area contributed by atoms with E-state index < -0.39 is 0 Å². The third-order valence-corrected chi connectivity index (χ3v) is 2.57. The zero-order chi connectivity index (χ0) is 11.4. The molecule has 1 atom stereocenters. The van der Waals surface area contributed by atoms with Crippen LogP contribution in [0, 0.1) is 0 Å². The maximum Gasteiger partial charge on any atom is 0.132 e. The molecule has 1 unspecified atom stereocenters. The molecule has 0 fully saturated rings. The predicted molar refractivity (Wildman–Crippen MR) is 64.9 cm³/mol. The fourth-order valence-corrected chi connectivity index (χ4v) is 1.48. The minimum Gasteiger partial charge on any atom is -0.330 e. The van der Waals surface area contributed by atoms with Gasteiger partial charge >= 0.3 is 0 Å². The van der Waals surface area contributed by atoms with Crippen molar-refractivity contribution in [2.24, 2.45) is 5.73 Å². The van der Waals surface area contributed by atoms with Gasteiger partial charge in [0.25, 0.3) is 0 Å². The molecule has 0 aliphatic heterocycles. The van der Waals surface area contributed by atoms with Gasteiger partial charge in [0, 0.05) is 30.4 Å². The summed E-state index contributed by atoms with van der Waals surface area (Å²) in [4.78, 5) is 8.67. The van der Waals surface area contributed by atoms with E-state index in [1.54, 1.807) is 0 Å². The van der Waals surface area contributed by atoms with Crippen LogP contribution in [0.5, 0.6) is 0 Å². The molecular formula is C13H15N3. The minimum absolute atomic E-state index is 0.213. The van der Waals surface area contributed by atoms with Gasteiger partial charge in [-0.3, -0.25) is 0 Å². The van der Waals surface area contributed by atoms with Crippen molar-refractivity contribution in [1.29, 1.82) is 0 Å². The summed E-state index contributed by atoms with van der Waals surface area (Å²) in [6.07, 6.45) is 3.70. The molecule has 82 valence electrons. The van der Waals surface area contributed by atoms with Crippen LogP contribution in [0.2, 0.25) is 0 Å². The molecule has 0 amide bonds. The van der Waals surface area contributed by atoms with Gasteiger partial charge in [-0.05, 0) is 5.56 Å². The van der Waals surface area contributed by atoms with E-state index in [1.807, 2.05) is 49.6 Å². The Kier molecular flexibility index (Phi) is 3.27. The quantitative estimate of drug-likeness (QED) is 0.850. The first-order valence-corrected chi connectivity index (χ1v) is 5.38. The number of rotatable bonds is 3. The van der Waals surface area contributed by atoms with E-state index >= 15 is 0 Å². The molecule has 16 heavy (non-hydrogen) atoms. The maximum atomic E-state index is 5.57. The van der Waals surface area contributed by atoms with Crippen LogP contribution in [-0.2, 0) is 0 Å². The van der Waals surface area contributed by atoms with Crippen molar-refractivity contribution in [3.05, 3.63) is 48.5 Å². The first-order chi connectivity index (χ1) is 7.81. The van der Waals surface area contributed by atoms with E-state index in [0.717, 1.165) is 17.0 Å². The lowest BCUT2D eigenvalue weighted by atomic mass is 10.1. The van der Waals surface area contributed by atoms with Crippen LogP contribution in [0.4, 0.5) is 0 Å². The number of benzene rings is 1. The average molecular weight is 213 g/mol. The van der Waals surface area contributed by atoms with Gasteiger partial charge in [-0.25, -0.2) is 9.97 Å². The normalized spacial score (nSPS) is 12.4. The molecule has 3 nitrogen and oxygen atoms in total. The van der Waals surface area contributed by atoms with Gasteiger partial charge < -0.3 is 5.73 Å². The first kappa shape index (κ1) is 10.8. The van der Waals surface area contributed by atoms with Crippen molar-refractivity contribution in [2.75, 3.05) is 6.54 Å². The summed E-state index contributed by atoms with van der Waals surface area (Å²) in [7, 11) is 0. The van der Waals surface area contributed by atoms with E-state index in [1.165, 1.54) is 0 Å². The number of nitrogens with two attached hydrogens (primary N) is 1. The van der Waals surface area contributed by atoms with Gasteiger partial charge in [-0.2, -0.15) is 0 Å². The summed E-state index contributed by atoms with van der Waals surface area (Å²) in [5, 5.41) is 0. The van der Waals surface area contributed by atoms with Gasteiger partial charge in [-0.15, -0.1) is 0 Å². The fourth-order valence-electron chi connectivity index (χ4n) is 1.48. The molecule has 1 heterocycles. The van der Waals surface area contributed by atoms with Gasteiger partial charge in [0.1, 0.15) is 5.82 Å². The van der Waals surface area contributed by atoms with Gasteiger partial charge in [-0.1, -0.05) is 37.3 Å². The predicted octanol–water partition coefficient (Wildman–Crippen LogP) is 2.21. The van der Waals surface area contributed by atoms with E-state index in [2.05, 4.69) is 9.97 Å². The van der Waals surface area contributed by atoms with Gasteiger partial charge in [0.05, 0.1) is 0 Å². The lowest BCUT2D eigenvalue weighted by molar-refractivity contribution is 0.712. The van der Waals surface area contributed by atoms with E-state index in [0.29, 0.717) is 6.54 Å². The van der Waals surface area contributed by atoms with E-state index in [9.17, 15) is 0 Å². The standard InChI is InChI=1S/C13H15N3/c1-10(7-14)13-15-8-12(9-16-13)11-5-3-2-4-6-11/h2-6,8-10H,7,14H2,1H3. The van der Waals surface area contributed by atoms with Crippen LogP contribution in [0.3, 0.4) is 0 Å². The zero-order valence-electron chi connectivity index (χ0n) is 9.30. The molecule has 0 spiro atoms. The van der Waals surface area contributed by atoms with E-state index in [4.69, 9.17) is 5.73 Å². The summed E-state index contributed by atoms with van der Waals surface area (Å²) in [6.45, 7) is 2.60. The third kappa shape index (κ3) is 2.25. The Bertz CT molecular complexity index is 436. The molecule has 0 radical (unpaired) electrons. The Balaban J connectivity index is 2.26. The van der Waals surface area contributed by atoms with E-state index in [-0.39, 0.29) is 5.92 Å². The fraction of sp³-hybridized carbons (Fsp3) is 0.231. The minimum atomic E-state index is 0.213. The van der Waals surface area contributed by atoms with Crippen LogP contribution in [0.25, 0.3) is 11.1 Å². The summed E-state index contributed by atoms with van der Waals surface area (Å²) >= 11 is 0. The van der Waals surface area contributed by atoms with Gasteiger partial charge in [0.2, 0.25) is 0 Å². The van der Waals surface area contributed by atoms with Crippen LogP contribution in [0.1, 0.15) is 18.7 Å². The molecule has 0 aliphatic rings. The second kappa shape index (κ2) is 4.86. The molecule has 0 saturated heterocycles. The highest BCUT2D eigenvalue weighted by atomic mass is 14.9. The SMILES string of the molecule is CC(CN)c1ncc(-c2ccccc2)cn1. The lowest BCUT2D eigenvalue weighted by Crippen LogP contribution is -2.11. The van der Waals surface area contributed by atoms with Crippen molar-refractivity contribution in [3.8, 4) is 11.1 Å². The Morgan fingerprint density at radius 3 is 2.25 bits per heavy atom. The Hall–Kier alpha value is -1.74. The molecule has 1 aromatic heterocycles. The Labute approximate surface area is 95.4 Å². The lowest BCUT2D eigenvalue weighted by Gasteiger charge is -2.07. The molecule has 3 heteroatoms. The summed E-state index contributed by atoms with van der Waals surface area (Å²) in [5.41, 5.74) is 7.74. The summed E-state index contributed by atoms with van der Waals surface area (Å²) in [5.74, 6) is 1.02. The van der Waals surface area contributed by atoms with Crippen LogP contribution < -0.4 is 5.73 Å². The smallest absolute Gasteiger partial charge is 0.132 e. The van der Waals surface area contributed by atoms with Crippen LogP contribution >= 0.6 is 0 Å². The number of nitrogens with zero attached hydrogens (tertiary/aromatic N) is 2. The van der Waals surface area contributed by atoms with Crippen molar-refractivity contribution in [3.63, 3.8) is 0 Å². The molecule has 2 rings (SSSR count). The highest BCUT2D eigenvalue weighted by molar-refractivity contribution is 5.60. The van der Waals surface area contributed by atoms with Gasteiger partial charge in [0.15, 0.2) is 0 Å². The monoisotopic (exact) mass is 213 g/mol. The second-order valence-electron chi connectivity index (χ2n) is 3.83. The van der Waals surface area contributed by atoms with Crippen molar-refractivity contribution in [2.45, 2.75) is 12.8 Å². The first-order valence-electron chi connectivity index (χ1n) is 5.38. The van der Waals surface area contributed by atoms with Crippen molar-refractivity contribution < 1.29 is 0 Å². The number of hydrogen-bond acceptors (Lipinski definition) is 3. The zero-order valence-corrected chi connectivity index (χ0v) is 9.30. The largest absolute Gasteiger partial charge is 0.330 e. The van der Waals surface area contributed by atoms with Crippen LogP contribution in [-0.4, -0.2) is 16.5 Å². The summed E-state index contributed by atoms with van der Waals surface area (Å²) in [6, 6.07) is 10.1. The number of hydrogen-bond donors (Lipinski definition) is 1. The third-order valence-electron chi connectivity index (χ3n) is 2.57. The molecule has 2 aromatic rings. The summed E-state index contributed by atoms with van der Waals surface area (Å²) < 4.78 is 0. The molecular weight excluding hydrogens is 198 g/mol. The topological polar surface area (TPSA) is 51.8 Å². The molecule has 0 bridgehead atoms. The second-order valence-corrected chi connectivity index (χ2v) is 3.83. The van der Waals surface area contributed by atoms with Crippen molar-refractivity contribution in [1.82, 2.24) is 9.97 Å². The molecule has 0 saturated carbocycles. The van der Waals surface area contributed by atoms with Crippen LogP contribution in [0.15, 0.2) is 42.7 Å². The highest BCUT2D eigenvalue weighted by Gasteiger charge is 2.06. The number of aromatic nitrogens is 2. The average Bonchev–Trinajstić information content (AvgIpc) is 2.39. The van der Waals surface area contributed by atoms with Crippen molar-refractivity contribution >= 4 is 0 Å². The Morgan fingerprint density at radius 2 is 1.69 bits per heavy atom. The Morgan fingerprint density at radius 1 is 1.06 bits per heavy atom.